The second-order valence-electron chi connectivity index (χ2n) is 5.82. The molecule has 3 aromatic rings. The molecule has 1 amide bonds. The van der Waals surface area contributed by atoms with Crippen molar-refractivity contribution in [2.45, 2.75) is 26.7 Å². The number of halogens is 2. The number of nitro benzene ring substituents is 1. The van der Waals surface area contributed by atoms with Gasteiger partial charge in [0.15, 0.2) is 6.73 Å². The number of rotatable bonds is 8. The van der Waals surface area contributed by atoms with Crippen molar-refractivity contribution in [2.24, 2.45) is 0 Å². The van der Waals surface area contributed by atoms with Crippen LogP contribution in [0.25, 0.3) is 0 Å². The Morgan fingerprint density at radius 3 is 2.90 bits per heavy atom. The lowest BCUT2D eigenvalue weighted by molar-refractivity contribution is -0.384. The van der Waals surface area contributed by atoms with Gasteiger partial charge in [-0.2, -0.15) is 10.2 Å². The molecule has 2 aromatic heterocycles. The average Bonchev–Trinajstić information content (AvgIpc) is 3.31. The minimum absolute atomic E-state index is 0.0149. The van der Waals surface area contributed by atoms with Crippen molar-refractivity contribution < 1.29 is 14.5 Å². The fourth-order valence-corrected chi connectivity index (χ4v) is 3.17. The summed E-state index contributed by atoms with van der Waals surface area (Å²) < 4.78 is 9.53. The molecule has 3 rings (SSSR count). The number of aryl methyl sites for hydroxylation is 1. The summed E-state index contributed by atoms with van der Waals surface area (Å²) in [4.78, 5) is 22.5. The Balaban J connectivity index is 1.58. The number of non-ortho nitro benzene ring substituents is 1. The van der Waals surface area contributed by atoms with Crippen LogP contribution in [0.15, 0.2) is 41.1 Å². The fraction of sp³-hybridized carbons (Fsp3) is 0.235. The van der Waals surface area contributed by atoms with Crippen molar-refractivity contribution in [3.8, 4) is 5.75 Å². The van der Waals surface area contributed by atoms with E-state index in [-0.39, 0.29) is 34.8 Å². The molecule has 0 radical (unpaired) electrons. The Hall–Kier alpha value is -2.92. The Morgan fingerprint density at radius 2 is 2.21 bits per heavy atom. The van der Waals surface area contributed by atoms with Gasteiger partial charge in [0.05, 0.1) is 32.9 Å². The minimum Gasteiger partial charge on any atom is -0.470 e. The van der Waals surface area contributed by atoms with E-state index in [1.54, 1.807) is 23.1 Å². The highest BCUT2D eigenvalue weighted by Crippen LogP contribution is 2.28. The van der Waals surface area contributed by atoms with E-state index in [1.165, 1.54) is 22.9 Å². The van der Waals surface area contributed by atoms with Gasteiger partial charge in [-0.3, -0.25) is 19.6 Å². The van der Waals surface area contributed by atoms with Gasteiger partial charge in [-0.1, -0.05) is 11.6 Å². The van der Waals surface area contributed by atoms with Crippen molar-refractivity contribution in [1.29, 1.82) is 0 Å². The van der Waals surface area contributed by atoms with Crippen LogP contribution in [0, 0.1) is 10.1 Å². The van der Waals surface area contributed by atoms with E-state index in [0.717, 1.165) is 10.2 Å². The molecule has 0 unspecified atom stereocenters. The number of amides is 1. The van der Waals surface area contributed by atoms with Crippen LogP contribution in [0.3, 0.4) is 0 Å². The Kier molecular flexibility index (Phi) is 6.49. The molecule has 1 aromatic carbocycles. The number of aromatic nitrogens is 4. The maximum atomic E-state index is 12.3. The number of hydrogen-bond donors (Lipinski definition) is 1. The summed E-state index contributed by atoms with van der Waals surface area (Å²) in [7, 11) is 0. The number of nitrogens with zero attached hydrogens (tertiary/aromatic N) is 5. The number of hydrogen-bond acceptors (Lipinski definition) is 6. The standard InChI is InChI=1S/C17H16BrClN6O4/c1-2-24-15(12(18)8-21-24)9-20-17(26)14-5-6-23(22-14)10-29-16-4-3-11(25(27)28)7-13(16)19/h3-8H,2,9-10H2,1H3,(H,20,26). The fourth-order valence-electron chi connectivity index (χ4n) is 2.50. The molecular weight excluding hydrogens is 468 g/mol. The molecule has 0 aliphatic carbocycles. The summed E-state index contributed by atoms with van der Waals surface area (Å²) in [6, 6.07) is 5.47. The molecule has 0 saturated heterocycles. The third kappa shape index (κ3) is 4.93. The van der Waals surface area contributed by atoms with Crippen LogP contribution in [0.1, 0.15) is 23.1 Å². The molecule has 0 aliphatic rings. The maximum absolute atomic E-state index is 12.3. The van der Waals surface area contributed by atoms with E-state index < -0.39 is 4.92 Å². The highest BCUT2D eigenvalue weighted by molar-refractivity contribution is 9.10. The lowest BCUT2D eigenvalue weighted by Crippen LogP contribution is -2.25. The topological polar surface area (TPSA) is 117 Å². The van der Waals surface area contributed by atoms with Gasteiger partial charge in [0.1, 0.15) is 11.4 Å². The monoisotopic (exact) mass is 482 g/mol. The van der Waals surface area contributed by atoms with E-state index >= 15 is 0 Å². The minimum atomic E-state index is -0.542. The van der Waals surface area contributed by atoms with E-state index in [9.17, 15) is 14.9 Å². The van der Waals surface area contributed by atoms with Crippen LogP contribution in [-0.4, -0.2) is 30.4 Å². The molecule has 12 heteroatoms. The van der Waals surface area contributed by atoms with Crippen LogP contribution >= 0.6 is 27.5 Å². The first-order valence-corrected chi connectivity index (χ1v) is 9.64. The van der Waals surface area contributed by atoms with Gasteiger partial charge < -0.3 is 10.1 Å². The van der Waals surface area contributed by atoms with Crippen LogP contribution < -0.4 is 10.1 Å². The summed E-state index contributed by atoms with van der Waals surface area (Å²) in [6.07, 6.45) is 3.26. The zero-order valence-electron chi connectivity index (χ0n) is 15.2. The Morgan fingerprint density at radius 1 is 1.41 bits per heavy atom. The Labute approximate surface area is 178 Å². The predicted octanol–water partition coefficient (Wildman–Crippen LogP) is 3.39. The van der Waals surface area contributed by atoms with Crippen LogP contribution in [0.5, 0.6) is 5.75 Å². The van der Waals surface area contributed by atoms with E-state index in [1.807, 2.05) is 6.92 Å². The van der Waals surface area contributed by atoms with Crippen molar-refractivity contribution >= 4 is 39.1 Å². The van der Waals surface area contributed by atoms with Crippen molar-refractivity contribution in [3.05, 3.63) is 67.7 Å². The maximum Gasteiger partial charge on any atom is 0.272 e. The van der Waals surface area contributed by atoms with E-state index in [4.69, 9.17) is 16.3 Å². The van der Waals surface area contributed by atoms with Crippen molar-refractivity contribution in [1.82, 2.24) is 24.9 Å². The van der Waals surface area contributed by atoms with Crippen LogP contribution in [0.4, 0.5) is 5.69 Å². The smallest absolute Gasteiger partial charge is 0.272 e. The number of nitrogens with one attached hydrogen (secondary N) is 1. The molecule has 0 saturated carbocycles. The largest absolute Gasteiger partial charge is 0.470 e. The van der Waals surface area contributed by atoms with E-state index in [2.05, 4.69) is 31.4 Å². The summed E-state index contributed by atoms with van der Waals surface area (Å²) in [5.41, 5.74) is 0.954. The SMILES string of the molecule is CCn1ncc(Br)c1CNC(=O)c1ccn(COc2ccc([N+](=O)[O-])cc2Cl)n1. The highest BCUT2D eigenvalue weighted by atomic mass is 79.9. The highest BCUT2D eigenvalue weighted by Gasteiger charge is 2.14. The molecule has 0 bridgehead atoms. The Bertz CT molecular complexity index is 1050. The number of carbonyl (C=O) groups is 1. The second kappa shape index (κ2) is 9.05. The first kappa shape index (κ1) is 20.8. The first-order chi connectivity index (χ1) is 13.9. The number of carbonyl (C=O) groups excluding carboxylic acids is 1. The normalized spacial score (nSPS) is 10.7. The molecule has 0 fully saturated rings. The van der Waals surface area contributed by atoms with Gasteiger partial charge in [-0.15, -0.1) is 0 Å². The van der Waals surface area contributed by atoms with Crippen molar-refractivity contribution in [2.75, 3.05) is 0 Å². The third-order valence-electron chi connectivity index (χ3n) is 3.97. The molecule has 2 heterocycles. The zero-order valence-corrected chi connectivity index (χ0v) is 17.6. The number of ether oxygens (including phenoxy) is 1. The first-order valence-electron chi connectivity index (χ1n) is 8.47. The summed E-state index contributed by atoms with van der Waals surface area (Å²) in [6.45, 7) is 2.94. The molecule has 0 spiro atoms. The van der Waals surface area contributed by atoms with Crippen molar-refractivity contribution in [3.63, 3.8) is 0 Å². The summed E-state index contributed by atoms with van der Waals surface area (Å²) >= 11 is 9.40. The zero-order chi connectivity index (χ0) is 21.0. The van der Waals surface area contributed by atoms with E-state index in [0.29, 0.717) is 13.1 Å². The molecule has 152 valence electrons. The van der Waals surface area contributed by atoms with Gasteiger partial charge in [-0.05, 0) is 35.0 Å². The van der Waals surface area contributed by atoms with Crippen LogP contribution in [-0.2, 0) is 19.8 Å². The lowest BCUT2D eigenvalue weighted by atomic mass is 10.3. The number of benzene rings is 1. The van der Waals surface area contributed by atoms with Gasteiger partial charge >= 0.3 is 0 Å². The number of nitro groups is 1. The molecule has 10 nitrogen and oxygen atoms in total. The van der Waals surface area contributed by atoms with Gasteiger partial charge in [0, 0.05) is 24.9 Å². The van der Waals surface area contributed by atoms with Gasteiger partial charge in [-0.25, -0.2) is 4.68 Å². The molecule has 0 aliphatic heterocycles. The predicted molar refractivity (Wildman–Crippen MR) is 108 cm³/mol. The molecule has 29 heavy (non-hydrogen) atoms. The molecular formula is C17H16BrClN6O4. The van der Waals surface area contributed by atoms with Gasteiger partial charge in [0.2, 0.25) is 0 Å². The third-order valence-corrected chi connectivity index (χ3v) is 4.92. The lowest BCUT2D eigenvalue weighted by Gasteiger charge is -2.08. The quantitative estimate of drug-likeness (QED) is 0.388. The van der Waals surface area contributed by atoms with Gasteiger partial charge in [0.25, 0.3) is 11.6 Å². The summed E-state index contributed by atoms with van der Waals surface area (Å²) in [5, 5.41) is 22.0. The summed E-state index contributed by atoms with van der Waals surface area (Å²) in [5.74, 6) is -0.0654. The average molecular weight is 484 g/mol. The second-order valence-corrected chi connectivity index (χ2v) is 7.08. The molecule has 1 N–H and O–H groups in total. The van der Waals surface area contributed by atoms with Crippen LogP contribution in [0.2, 0.25) is 5.02 Å². The molecule has 0 atom stereocenters.